The number of aromatic hydroxyl groups is 1. The molecule has 1 aromatic carbocycles. The van der Waals surface area contributed by atoms with Gasteiger partial charge in [-0.25, -0.2) is 11.4 Å². The number of carbonyl (C=O) groups is 7. The van der Waals surface area contributed by atoms with Crippen LogP contribution in [0.15, 0.2) is 18.2 Å². The summed E-state index contributed by atoms with van der Waals surface area (Å²) in [5, 5.41) is 102. The average Bonchev–Trinajstić information content (AvgIpc) is 3.80. The number of hydrogen-bond donors (Lipinski definition) is 12. The van der Waals surface area contributed by atoms with Gasteiger partial charge in [0.1, 0.15) is 41.9 Å². The zero-order chi connectivity index (χ0) is 50.8. The molecule has 0 aliphatic carbocycles. The standard InChI is InChI=1S/C40H58N8O19S.Na/c1-17-15-48-31(32(17)55)36(59)42-13-20(50)11-22(43-39(62)64-40(3,4)5)33(56)44-28(18(2)49)37(60)47-16-21(51)12-23(47)34(57)45-29(35(58)46-30(38(48)61)26(54)14-41-6)25(53)9-19-7-8-24(52)27(10-19)65-68-67-66-63;/h7-8,10,17-18,20-23,25-26,28-32,49-55,63H,9,11-16H2,1-5H3,(H,42,59)(H,43,62)(H,44,56)(H,45,57)(H,46,58);/q;+1/p-1/t17-,18+,20+,21+,22+,23+,25-,26-,28+,29+,30+,31+,32+;/m1./s1. The van der Waals surface area contributed by atoms with E-state index in [2.05, 4.69) is 40.8 Å². The summed E-state index contributed by atoms with van der Waals surface area (Å²) in [6.07, 6.45) is -13.3. The summed E-state index contributed by atoms with van der Waals surface area (Å²) in [7, 11) is 0. The van der Waals surface area contributed by atoms with Gasteiger partial charge in [0.2, 0.25) is 42.0 Å². The minimum atomic E-state index is -2.14. The summed E-state index contributed by atoms with van der Waals surface area (Å²) in [5.41, 5.74) is -0.984. The molecule has 3 heterocycles. The Labute approximate surface area is 421 Å². The van der Waals surface area contributed by atoms with E-state index in [1.807, 2.05) is 0 Å². The number of aliphatic hydroxyl groups excluding tert-OH is 6. The van der Waals surface area contributed by atoms with E-state index in [-0.39, 0.29) is 59.7 Å². The first-order chi connectivity index (χ1) is 31.9. The minimum absolute atomic E-state index is 0. The minimum Gasteiger partial charge on any atom is -0.691 e. The van der Waals surface area contributed by atoms with Crippen LogP contribution in [0.25, 0.3) is 4.85 Å². The van der Waals surface area contributed by atoms with Crippen molar-refractivity contribution >= 4 is 53.9 Å². The number of alkyl carbamates (subject to hydrolysis) is 1. The normalized spacial score (nSPS) is 29.0. The molecule has 0 saturated carbocycles. The van der Waals surface area contributed by atoms with Crippen LogP contribution < -0.4 is 65.6 Å². The third kappa shape index (κ3) is 15.9. The van der Waals surface area contributed by atoms with E-state index in [0.717, 1.165) is 28.9 Å². The number of hydrogen-bond acceptors (Lipinski definition) is 20. The van der Waals surface area contributed by atoms with Gasteiger partial charge in [-0.05, 0) is 45.4 Å². The molecule has 0 radical (unpaired) electrons. The SMILES string of the molecule is [C-]#[N+]C[C@@H](O)[C@@H]1NC(=O)[C@H]([C@H](O)Cc2ccc(O)c(OSOO[O-])c2)NC(=O)[C@@H]2C[C@H](O)CN2C(=O)[C@H]([C@H](C)O)NC(=O)[C@@H](NC(=O)OC(C)(C)C)C[C@H](O)CNC(=O)[C@@H]2[C@@H](O)[C@H](C)CN2C1=O.[Na+]. The van der Waals surface area contributed by atoms with Crippen molar-refractivity contribution in [1.82, 2.24) is 36.4 Å². The Kier molecular flexibility index (Phi) is 22.1. The summed E-state index contributed by atoms with van der Waals surface area (Å²) in [4.78, 5) is 103. The average molecular weight is 1010 g/mol. The number of phenolic OH excluding ortho intramolecular Hbond substituents is 1. The molecule has 0 unspecified atom stereocenters. The summed E-state index contributed by atoms with van der Waals surface area (Å²) in [6.45, 7) is 12.1. The maximum Gasteiger partial charge on any atom is 1.00 e. The van der Waals surface area contributed by atoms with E-state index >= 15 is 0 Å². The Balaban J connectivity index is 0.0000126. The fourth-order valence-electron chi connectivity index (χ4n) is 7.74. The van der Waals surface area contributed by atoms with Gasteiger partial charge in [-0.2, -0.15) is 0 Å². The number of ether oxygens (including phenoxy) is 1. The molecule has 29 heteroatoms. The van der Waals surface area contributed by atoms with Crippen molar-refractivity contribution < 1.29 is 122 Å². The third-order valence-electron chi connectivity index (χ3n) is 11.1. The summed E-state index contributed by atoms with van der Waals surface area (Å²) < 4.78 is 14.3. The van der Waals surface area contributed by atoms with Crippen molar-refractivity contribution in [2.45, 2.75) is 132 Å². The molecular formula is C40H57N8NaO19S. The molecular weight excluding hydrogens is 952 g/mol. The van der Waals surface area contributed by atoms with Gasteiger partial charge in [0.25, 0.3) is 12.3 Å². The molecule has 3 fully saturated rings. The number of nitrogens with zero attached hydrogens (tertiary/aromatic N) is 3. The number of rotatable bonds is 11. The van der Waals surface area contributed by atoms with Crippen LogP contribution in [0, 0.1) is 12.5 Å². The number of β-amino-alcohol motifs (C(OH)–C–C–N with tert-alkyl or cyclic N) is 1. The van der Waals surface area contributed by atoms with Crippen LogP contribution in [0.1, 0.15) is 53.0 Å². The molecule has 3 aliphatic heterocycles. The summed E-state index contributed by atoms with van der Waals surface area (Å²) in [6, 6.07) is -7.82. The smallest absolute Gasteiger partial charge is 0.691 e. The second-order valence-electron chi connectivity index (χ2n) is 17.6. The zero-order valence-corrected chi connectivity index (χ0v) is 41.3. The third-order valence-corrected chi connectivity index (χ3v) is 11.4. The van der Waals surface area contributed by atoms with Crippen molar-refractivity contribution in [3.8, 4) is 11.5 Å². The van der Waals surface area contributed by atoms with Crippen molar-refractivity contribution in [2.24, 2.45) is 5.92 Å². The van der Waals surface area contributed by atoms with Crippen LogP contribution in [0.5, 0.6) is 11.5 Å². The van der Waals surface area contributed by atoms with E-state index in [0.29, 0.717) is 0 Å². The Bertz CT molecular complexity index is 2050. The fourth-order valence-corrected chi connectivity index (χ4v) is 8.00. The molecule has 3 saturated heterocycles. The molecule has 7 amide bonds. The molecule has 4 rings (SSSR count). The van der Waals surface area contributed by atoms with Crippen molar-refractivity contribution in [2.75, 3.05) is 26.2 Å². The Morgan fingerprint density at radius 3 is 2.17 bits per heavy atom. The van der Waals surface area contributed by atoms with Gasteiger partial charge in [-0.15, -0.1) is 4.33 Å². The molecule has 13 atom stereocenters. The number of carbonyl (C=O) groups excluding carboxylic acids is 7. The molecule has 0 spiro atoms. The summed E-state index contributed by atoms with van der Waals surface area (Å²) in [5.74, 6) is -8.80. The maximum atomic E-state index is 14.4. The van der Waals surface area contributed by atoms with E-state index in [4.69, 9.17) is 15.5 Å². The molecule has 378 valence electrons. The Morgan fingerprint density at radius 2 is 1.55 bits per heavy atom. The van der Waals surface area contributed by atoms with Gasteiger partial charge in [-0.1, -0.05) is 13.0 Å². The van der Waals surface area contributed by atoms with Crippen LogP contribution in [-0.2, 0) is 49.3 Å². The molecule has 0 bridgehead atoms. The number of nitrogens with one attached hydrogen (secondary N) is 5. The molecule has 1 aromatic rings. The first-order valence-corrected chi connectivity index (χ1v) is 21.9. The van der Waals surface area contributed by atoms with Crippen LogP contribution >= 0.6 is 12.3 Å². The molecule has 69 heavy (non-hydrogen) atoms. The topological polar surface area (TPSA) is 392 Å². The second kappa shape index (κ2) is 26.0. The van der Waals surface area contributed by atoms with Gasteiger partial charge in [0.05, 0.1) is 30.5 Å². The largest absolute Gasteiger partial charge is 1.00 e. The summed E-state index contributed by atoms with van der Waals surface area (Å²) >= 11 is 0.00674. The molecule has 12 N–H and O–H groups in total. The van der Waals surface area contributed by atoms with Crippen LogP contribution in [0.3, 0.4) is 0 Å². The van der Waals surface area contributed by atoms with Gasteiger partial charge < -0.3 is 91.2 Å². The van der Waals surface area contributed by atoms with Gasteiger partial charge >= 0.3 is 35.7 Å². The first-order valence-electron chi connectivity index (χ1n) is 21.2. The Morgan fingerprint density at radius 1 is 0.913 bits per heavy atom. The van der Waals surface area contributed by atoms with Crippen molar-refractivity contribution in [3.05, 3.63) is 35.2 Å². The number of aliphatic hydroxyl groups is 6. The quantitative estimate of drug-likeness (QED) is 0.0245. The monoisotopic (exact) mass is 1010 g/mol. The predicted molar refractivity (Wildman–Crippen MR) is 227 cm³/mol. The number of benzene rings is 1. The number of phenols is 1. The fraction of sp³-hybridized carbons (Fsp3) is 0.650. The van der Waals surface area contributed by atoms with Crippen molar-refractivity contribution in [3.63, 3.8) is 0 Å². The Hall–Kier alpha value is -4.61. The van der Waals surface area contributed by atoms with E-state index in [9.17, 15) is 74.6 Å². The zero-order valence-electron chi connectivity index (χ0n) is 38.5. The van der Waals surface area contributed by atoms with Gasteiger partial charge in [0.15, 0.2) is 17.6 Å². The van der Waals surface area contributed by atoms with Crippen molar-refractivity contribution in [1.29, 1.82) is 0 Å². The van der Waals surface area contributed by atoms with E-state index in [1.54, 1.807) is 0 Å². The predicted octanol–water partition coefficient (Wildman–Crippen LogP) is -8.48. The molecule has 3 aliphatic rings. The molecule has 27 nitrogen and oxygen atoms in total. The molecule has 0 aromatic heterocycles. The van der Waals surface area contributed by atoms with Crippen LogP contribution in [0.2, 0.25) is 0 Å². The van der Waals surface area contributed by atoms with Crippen LogP contribution in [0.4, 0.5) is 4.79 Å². The number of amides is 7. The van der Waals surface area contributed by atoms with E-state index < -0.39 is 171 Å². The maximum absolute atomic E-state index is 14.4. The number of fused-ring (bicyclic) bond motifs is 2. The van der Waals surface area contributed by atoms with E-state index in [1.165, 1.54) is 33.8 Å². The second-order valence-corrected chi connectivity index (χ2v) is 18.0. The first kappa shape index (κ1) is 58.7. The van der Waals surface area contributed by atoms with Gasteiger partial charge in [0, 0.05) is 44.8 Å². The van der Waals surface area contributed by atoms with Crippen LogP contribution in [-0.4, -0.2) is 192 Å². The van der Waals surface area contributed by atoms with Gasteiger partial charge in [-0.3, -0.25) is 33.8 Å².